The Kier molecular flexibility index (Phi) is 5.57. The second kappa shape index (κ2) is 8.45. The van der Waals surface area contributed by atoms with Gasteiger partial charge in [0.1, 0.15) is 28.8 Å². The molecule has 0 spiro atoms. The van der Waals surface area contributed by atoms with Crippen molar-refractivity contribution in [3.05, 3.63) is 89.6 Å². The summed E-state index contributed by atoms with van der Waals surface area (Å²) >= 11 is 0. The van der Waals surface area contributed by atoms with Crippen LogP contribution in [0.4, 0.5) is 14.6 Å². The molecule has 4 rings (SSSR count). The van der Waals surface area contributed by atoms with Crippen LogP contribution in [0.15, 0.2) is 66.9 Å². The molecule has 2 heterocycles. The van der Waals surface area contributed by atoms with Gasteiger partial charge in [0.25, 0.3) is 5.91 Å². The second-order valence-electron chi connectivity index (χ2n) is 7.12. The standard InChI is InChI=1S/C24H21F2N3O/c1-2-3-6-16-8-10-17(11-9-16)24(30)28-23-22(19-15-18(25)12-13-20(19)26)27-21-7-4-5-14-29(21)23/h4-5,7-15H,2-3,6H2,1H3,(H,28,30). The van der Waals surface area contributed by atoms with E-state index in [-0.39, 0.29) is 23.0 Å². The zero-order chi connectivity index (χ0) is 21.1. The average molecular weight is 405 g/mol. The molecule has 2 aromatic carbocycles. The van der Waals surface area contributed by atoms with E-state index < -0.39 is 11.6 Å². The summed E-state index contributed by atoms with van der Waals surface area (Å²) in [7, 11) is 0. The van der Waals surface area contributed by atoms with Gasteiger partial charge in [-0.15, -0.1) is 0 Å². The van der Waals surface area contributed by atoms with Gasteiger partial charge in [-0.2, -0.15) is 0 Å². The van der Waals surface area contributed by atoms with Crippen molar-refractivity contribution in [1.29, 1.82) is 0 Å². The minimum Gasteiger partial charge on any atom is -0.306 e. The summed E-state index contributed by atoms with van der Waals surface area (Å²) in [6, 6.07) is 15.9. The molecule has 0 bridgehead atoms. The van der Waals surface area contributed by atoms with Crippen molar-refractivity contribution in [3.8, 4) is 11.3 Å². The molecule has 0 unspecified atom stereocenters. The van der Waals surface area contributed by atoms with E-state index in [1.807, 2.05) is 12.1 Å². The fourth-order valence-electron chi connectivity index (χ4n) is 3.37. The summed E-state index contributed by atoms with van der Waals surface area (Å²) in [4.78, 5) is 17.3. The molecule has 0 radical (unpaired) electrons. The first kappa shape index (κ1) is 19.8. The number of unbranched alkanes of at least 4 members (excludes halogenated alkanes) is 1. The van der Waals surface area contributed by atoms with E-state index in [2.05, 4.69) is 17.2 Å². The van der Waals surface area contributed by atoms with Crippen molar-refractivity contribution in [1.82, 2.24) is 9.38 Å². The van der Waals surface area contributed by atoms with Gasteiger partial charge in [0.05, 0.1) is 0 Å². The van der Waals surface area contributed by atoms with Gasteiger partial charge in [-0.05, 0) is 60.9 Å². The summed E-state index contributed by atoms with van der Waals surface area (Å²) in [5.41, 5.74) is 2.33. The number of nitrogens with one attached hydrogen (secondary N) is 1. The Morgan fingerprint density at radius 1 is 1.07 bits per heavy atom. The number of aromatic nitrogens is 2. The van der Waals surface area contributed by atoms with E-state index in [0.29, 0.717) is 11.2 Å². The first-order valence-electron chi connectivity index (χ1n) is 9.89. The summed E-state index contributed by atoms with van der Waals surface area (Å²) in [6.07, 6.45) is 4.88. The Balaban J connectivity index is 1.71. The molecule has 30 heavy (non-hydrogen) atoms. The van der Waals surface area contributed by atoms with Crippen molar-refractivity contribution in [2.75, 3.05) is 5.32 Å². The van der Waals surface area contributed by atoms with Crippen LogP contribution in [0.5, 0.6) is 0 Å². The third kappa shape index (κ3) is 3.94. The van der Waals surface area contributed by atoms with E-state index in [0.717, 1.165) is 37.5 Å². The van der Waals surface area contributed by atoms with E-state index in [1.165, 1.54) is 5.56 Å². The monoisotopic (exact) mass is 405 g/mol. The average Bonchev–Trinajstić information content (AvgIpc) is 3.12. The van der Waals surface area contributed by atoms with E-state index in [4.69, 9.17) is 0 Å². The van der Waals surface area contributed by atoms with Crippen molar-refractivity contribution in [2.24, 2.45) is 0 Å². The number of hydrogen-bond acceptors (Lipinski definition) is 2. The van der Waals surface area contributed by atoms with Crippen LogP contribution in [0.1, 0.15) is 35.7 Å². The highest BCUT2D eigenvalue weighted by molar-refractivity contribution is 6.05. The van der Waals surface area contributed by atoms with Gasteiger partial charge in [-0.1, -0.05) is 31.5 Å². The van der Waals surface area contributed by atoms with Gasteiger partial charge in [0.2, 0.25) is 0 Å². The van der Waals surface area contributed by atoms with Crippen LogP contribution >= 0.6 is 0 Å². The van der Waals surface area contributed by atoms with Crippen molar-refractivity contribution >= 4 is 17.4 Å². The first-order chi connectivity index (χ1) is 14.6. The molecule has 1 amide bonds. The van der Waals surface area contributed by atoms with E-state index in [9.17, 15) is 13.6 Å². The quantitative estimate of drug-likeness (QED) is 0.436. The van der Waals surface area contributed by atoms with Crippen LogP contribution in [-0.2, 0) is 6.42 Å². The Labute approximate surface area is 173 Å². The fraction of sp³-hybridized carbons (Fsp3) is 0.167. The normalized spacial score (nSPS) is 11.0. The SMILES string of the molecule is CCCCc1ccc(C(=O)Nc2c(-c3cc(F)ccc3F)nc3ccccn23)cc1. The fourth-order valence-corrected chi connectivity index (χ4v) is 3.37. The number of fused-ring (bicyclic) bond motifs is 1. The molecule has 152 valence electrons. The number of benzene rings is 2. The van der Waals surface area contributed by atoms with E-state index in [1.54, 1.807) is 40.9 Å². The number of carbonyl (C=O) groups is 1. The summed E-state index contributed by atoms with van der Waals surface area (Å²) < 4.78 is 29.9. The lowest BCUT2D eigenvalue weighted by molar-refractivity contribution is 0.102. The van der Waals surface area contributed by atoms with Crippen LogP contribution in [0.2, 0.25) is 0 Å². The number of amides is 1. The molecule has 1 N–H and O–H groups in total. The van der Waals surface area contributed by atoms with Gasteiger partial charge in [-0.3, -0.25) is 9.20 Å². The highest BCUT2D eigenvalue weighted by Gasteiger charge is 2.20. The molecule has 0 saturated carbocycles. The molecule has 0 aliphatic rings. The van der Waals surface area contributed by atoms with Crippen LogP contribution < -0.4 is 5.32 Å². The highest BCUT2D eigenvalue weighted by Crippen LogP contribution is 2.31. The van der Waals surface area contributed by atoms with Gasteiger partial charge in [0.15, 0.2) is 0 Å². The number of anilines is 1. The molecule has 4 nitrogen and oxygen atoms in total. The molecule has 0 aliphatic heterocycles. The van der Waals surface area contributed by atoms with Crippen LogP contribution in [0.3, 0.4) is 0 Å². The number of aryl methyl sites for hydroxylation is 1. The Bertz CT molecular complexity index is 1200. The zero-order valence-corrected chi connectivity index (χ0v) is 16.5. The molecular formula is C24H21F2N3O. The largest absolute Gasteiger partial charge is 0.306 e. The number of rotatable bonds is 6. The Morgan fingerprint density at radius 2 is 1.87 bits per heavy atom. The second-order valence-corrected chi connectivity index (χ2v) is 7.12. The molecule has 6 heteroatoms. The first-order valence-corrected chi connectivity index (χ1v) is 9.89. The smallest absolute Gasteiger partial charge is 0.256 e. The molecule has 0 saturated heterocycles. The number of halogens is 2. The Hall–Kier alpha value is -3.54. The van der Waals surface area contributed by atoms with Crippen LogP contribution in [-0.4, -0.2) is 15.3 Å². The predicted octanol–water partition coefficient (Wildman–Crippen LogP) is 5.87. The van der Waals surface area contributed by atoms with Crippen LogP contribution in [0, 0.1) is 11.6 Å². The van der Waals surface area contributed by atoms with E-state index >= 15 is 0 Å². The van der Waals surface area contributed by atoms with Gasteiger partial charge in [-0.25, -0.2) is 13.8 Å². The maximum absolute atomic E-state index is 14.4. The minimum atomic E-state index is -0.615. The predicted molar refractivity (Wildman–Crippen MR) is 114 cm³/mol. The lowest BCUT2D eigenvalue weighted by atomic mass is 10.1. The lowest BCUT2D eigenvalue weighted by Gasteiger charge is -2.09. The van der Waals surface area contributed by atoms with Gasteiger partial charge >= 0.3 is 0 Å². The summed E-state index contributed by atoms with van der Waals surface area (Å²) in [6.45, 7) is 2.14. The molecule has 0 fully saturated rings. The third-order valence-electron chi connectivity index (χ3n) is 4.98. The summed E-state index contributed by atoms with van der Waals surface area (Å²) in [5, 5.41) is 2.83. The number of pyridine rings is 1. The molecule has 0 atom stereocenters. The maximum atomic E-state index is 14.4. The van der Waals surface area contributed by atoms with Crippen molar-refractivity contribution in [2.45, 2.75) is 26.2 Å². The van der Waals surface area contributed by atoms with Gasteiger partial charge < -0.3 is 5.32 Å². The molecule has 2 aromatic heterocycles. The van der Waals surface area contributed by atoms with Crippen molar-refractivity contribution < 1.29 is 13.6 Å². The third-order valence-corrected chi connectivity index (χ3v) is 4.98. The highest BCUT2D eigenvalue weighted by atomic mass is 19.1. The summed E-state index contributed by atoms with van der Waals surface area (Å²) in [5.74, 6) is -1.25. The maximum Gasteiger partial charge on any atom is 0.256 e. The lowest BCUT2D eigenvalue weighted by Crippen LogP contribution is -2.14. The minimum absolute atomic E-state index is 0.0103. The number of hydrogen-bond donors (Lipinski definition) is 1. The molecule has 4 aromatic rings. The van der Waals surface area contributed by atoms with Crippen LogP contribution in [0.25, 0.3) is 16.9 Å². The van der Waals surface area contributed by atoms with Crippen molar-refractivity contribution in [3.63, 3.8) is 0 Å². The molecular weight excluding hydrogens is 384 g/mol. The number of nitrogens with zero attached hydrogens (tertiary/aromatic N) is 2. The van der Waals surface area contributed by atoms with Gasteiger partial charge in [0, 0.05) is 17.3 Å². The topological polar surface area (TPSA) is 46.4 Å². The Morgan fingerprint density at radius 3 is 2.63 bits per heavy atom. The zero-order valence-electron chi connectivity index (χ0n) is 16.5. The molecule has 0 aliphatic carbocycles. The number of imidazole rings is 1. The number of carbonyl (C=O) groups excluding carboxylic acids is 1.